The molecule has 114 valence electrons. The van der Waals surface area contributed by atoms with Crippen LogP contribution in [0.5, 0.6) is 5.75 Å². The van der Waals surface area contributed by atoms with E-state index in [-0.39, 0.29) is 5.41 Å². The van der Waals surface area contributed by atoms with Crippen LogP contribution in [-0.2, 0) is 11.8 Å². The molecule has 0 aromatic carbocycles. The van der Waals surface area contributed by atoms with Crippen LogP contribution < -0.4 is 4.74 Å². The first-order valence-electron chi connectivity index (χ1n) is 8.07. The Hall–Kier alpha value is -1.05. The van der Waals surface area contributed by atoms with Gasteiger partial charge >= 0.3 is 0 Å². The van der Waals surface area contributed by atoms with Crippen LogP contribution in [0.3, 0.4) is 0 Å². The fraction of sp³-hybridized carbons (Fsp3) is 0.722. The largest absolute Gasteiger partial charge is 0.495 e. The van der Waals surface area contributed by atoms with Crippen molar-refractivity contribution in [3.8, 4) is 5.75 Å². The van der Waals surface area contributed by atoms with E-state index in [1.165, 1.54) is 18.4 Å². The molecular weight excluding hydrogens is 246 g/mol. The Morgan fingerprint density at radius 1 is 1.15 bits per heavy atom. The number of nitrogens with zero attached hydrogens (tertiary/aromatic N) is 1. The molecule has 0 amide bonds. The molecule has 0 fully saturated rings. The second-order valence-corrected chi connectivity index (χ2v) is 6.03. The molecule has 0 saturated heterocycles. The molecule has 1 aromatic heterocycles. The SMILES string of the molecule is CCC(CC)Cc1ncc(C(C)(CC)CC)cc1OC. The van der Waals surface area contributed by atoms with E-state index in [1.807, 2.05) is 0 Å². The average molecular weight is 277 g/mol. The molecule has 0 saturated carbocycles. The lowest BCUT2D eigenvalue weighted by Crippen LogP contribution is -2.20. The van der Waals surface area contributed by atoms with Gasteiger partial charge in [-0.05, 0) is 42.2 Å². The summed E-state index contributed by atoms with van der Waals surface area (Å²) >= 11 is 0. The summed E-state index contributed by atoms with van der Waals surface area (Å²) in [6.07, 6.45) is 7.73. The van der Waals surface area contributed by atoms with E-state index in [0.29, 0.717) is 5.92 Å². The Labute approximate surface area is 125 Å². The molecule has 0 bridgehead atoms. The van der Waals surface area contributed by atoms with Gasteiger partial charge < -0.3 is 4.74 Å². The molecule has 1 heterocycles. The molecule has 0 N–H and O–H groups in total. The fourth-order valence-corrected chi connectivity index (χ4v) is 2.64. The van der Waals surface area contributed by atoms with Crippen LogP contribution in [0, 0.1) is 5.92 Å². The lowest BCUT2D eigenvalue weighted by atomic mass is 9.78. The van der Waals surface area contributed by atoms with Crippen molar-refractivity contribution in [3.63, 3.8) is 0 Å². The molecule has 0 aliphatic rings. The van der Waals surface area contributed by atoms with E-state index in [0.717, 1.165) is 30.7 Å². The van der Waals surface area contributed by atoms with Crippen molar-refractivity contribution in [2.75, 3.05) is 7.11 Å². The molecule has 0 atom stereocenters. The van der Waals surface area contributed by atoms with Crippen molar-refractivity contribution < 1.29 is 4.74 Å². The number of aromatic nitrogens is 1. The van der Waals surface area contributed by atoms with Gasteiger partial charge in [0.2, 0.25) is 0 Å². The topological polar surface area (TPSA) is 22.1 Å². The van der Waals surface area contributed by atoms with Crippen molar-refractivity contribution in [3.05, 3.63) is 23.5 Å². The highest BCUT2D eigenvalue weighted by Crippen LogP contribution is 2.34. The third-order valence-corrected chi connectivity index (χ3v) is 5.04. The van der Waals surface area contributed by atoms with Crippen LogP contribution in [0.2, 0.25) is 0 Å². The van der Waals surface area contributed by atoms with Gasteiger partial charge in [-0.15, -0.1) is 0 Å². The van der Waals surface area contributed by atoms with Gasteiger partial charge in [0, 0.05) is 6.20 Å². The third-order valence-electron chi connectivity index (χ3n) is 5.04. The first-order chi connectivity index (χ1) is 9.54. The smallest absolute Gasteiger partial charge is 0.140 e. The number of pyridine rings is 1. The van der Waals surface area contributed by atoms with Crippen molar-refractivity contribution in [1.29, 1.82) is 0 Å². The van der Waals surface area contributed by atoms with Gasteiger partial charge in [-0.25, -0.2) is 0 Å². The van der Waals surface area contributed by atoms with Gasteiger partial charge in [0.1, 0.15) is 5.75 Å². The minimum Gasteiger partial charge on any atom is -0.495 e. The van der Waals surface area contributed by atoms with Crippen molar-refractivity contribution in [2.45, 2.75) is 72.1 Å². The maximum atomic E-state index is 5.60. The van der Waals surface area contributed by atoms with Gasteiger partial charge in [-0.2, -0.15) is 0 Å². The molecule has 0 unspecified atom stereocenters. The summed E-state index contributed by atoms with van der Waals surface area (Å²) in [7, 11) is 1.76. The first-order valence-corrected chi connectivity index (χ1v) is 8.07. The van der Waals surface area contributed by atoms with Gasteiger partial charge in [0.25, 0.3) is 0 Å². The van der Waals surface area contributed by atoms with Crippen LogP contribution in [0.4, 0.5) is 0 Å². The lowest BCUT2D eigenvalue weighted by Gasteiger charge is -2.28. The lowest BCUT2D eigenvalue weighted by molar-refractivity contribution is 0.388. The number of rotatable bonds is 8. The van der Waals surface area contributed by atoms with Crippen molar-refractivity contribution >= 4 is 0 Å². The van der Waals surface area contributed by atoms with Gasteiger partial charge in [0.05, 0.1) is 12.8 Å². The van der Waals surface area contributed by atoms with Crippen LogP contribution in [0.15, 0.2) is 12.3 Å². The number of hydrogen-bond acceptors (Lipinski definition) is 2. The van der Waals surface area contributed by atoms with Crippen LogP contribution in [0.1, 0.15) is 71.6 Å². The highest BCUT2D eigenvalue weighted by atomic mass is 16.5. The molecular formula is C18H31NO. The second-order valence-electron chi connectivity index (χ2n) is 6.03. The molecule has 0 aliphatic heterocycles. The molecule has 1 aromatic rings. The summed E-state index contributed by atoms with van der Waals surface area (Å²) in [5, 5.41) is 0. The summed E-state index contributed by atoms with van der Waals surface area (Å²) in [6, 6.07) is 2.21. The highest BCUT2D eigenvalue weighted by molar-refractivity contribution is 5.35. The van der Waals surface area contributed by atoms with Gasteiger partial charge in [-0.3, -0.25) is 4.98 Å². The van der Waals surface area contributed by atoms with E-state index < -0.39 is 0 Å². The van der Waals surface area contributed by atoms with Crippen molar-refractivity contribution in [2.24, 2.45) is 5.92 Å². The Morgan fingerprint density at radius 3 is 2.20 bits per heavy atom. The number of ether oxygens (including phenoxy) is 1. The second kappa shape index (κ2) is 7.66. The molecule has 0 aliphatic carbocycles. The van der Waals surface area contributed by atoms with Gasteiger partial charge in [-0.1, -0.05) is 47.5 Å². The summed E-state index contributed by atoms with van der Waals surface area (Å²) in [4.78, 5) is 4.72. The normalized spacial score (nSPS) is 11.9. The molecule has 20 heavy (non-hydrogen) atoms. The molecule has 2 heteroatoms. The van der Waals surface area contributed by atoms with Crippen LogP contribution in [-0.4, -0.2) is 12.1 Å². The number of methoxy groups -OCH3 is 1. The van der Waals surface area contributed by atoms with Gasteiger partial charge in [0.15, 0.2) is 0 Å². The maximum absolute atomic E-state index is 5.60. The van der Waals surface area contributed by atoms with E-state index >= 15 is 0 Å². The zero-order chi connectivity index (χ0) is 15.2. The third kappa shape index (κ3) is 3.74. The minimum absolute atomic E-state index is 0.202. The standard InChI is InChI=1S/C18H31NO/c1-7-14(8-2)11-16-17(20-6)12-15(13-19-16)18(5,9-3)10-4/h12-14H,7-11H2,1-6H3. The van der Waals surface area contributed by atoms with Crippen LogP contribution >= 0.6 is 0 Å². The molecule has 2 nitrogen and oxygen atoms in total. The van der Waals surface area contributed by atoms with E-state index in [1.54, 1.807) is 7.11 Å². The average Bonchev–Trinajstić information content (AvgIpc) is 2.51. The summed E-state index contributed by atoms with van der Waals surface area (Å²) in [6.45, 7) is 11.3. The van der Waals surface area contributed by atoms with E-state index in [4.69, 9.17) is 9.72 Å². The monoisotopic (exact) mass is 277 g/mol. The first kappa shape index (κ1) is 17.0. The number of hydrogen-bond donors (Lipinski definition) is 0. The zero-order valence-corrected chi connectivity index (χ0v) is 14.1. The molecule has 0 spiro atoms. The summed E-state index contributed by atoms with van der Waals surface area (Å²) in [5.74, 6) is 1.66. The minimum atomic E-state index is 0.202. The Bertz CT molecular complexity index is 406. The maximum Gasteiger partial charge on any atom is 0.140 e. The van der Waals surface area contributed by atoms with E-state index in [2.05, 4.69) is 46.9 Å². The Balaban J connectivity index is 3.07. The predicted molar refractivity (Wildman–Crippen MR) is 86.5 cm³/mol. The quantitative estimate of drug-likeness (QED) is 0.656. The van der Waals surface area contributed by atoms with E-state index in [9.17, 15) is 0 Å². The van der Waals surface area contributed by atoms with Crippen LogP contribution in [0.25, 0.3) is 0 Å². The fourth-order valence-electron chi connectivity index (χ4n) is 2.64. The molecule has 0 radical (unpaired) electrons. The molecule has 1 rings (SSSR count). The summed E-state index contributed by atoms with van der Waals surface area (Å²) in [5.41, 5.74) is 2.61. The van der Waals surface area contributed by atoms with Crippen molar-refractivity contribution in [1.82, 2.24) is 4.98 Å². The Morgan fingerprint density at radius 2 is 1.75 bits per heavy atom. The summed E-state index contributed by atoms with van der Waals surface area (Å²) < 4.78 is 5.60. The highest BCUT2D eigenvalue weighted by Gasteiger charge is 2.24. The predicted octanol–water partition coefficient (Wildman–Crippen LogP) is 5.15. The zero-order valence-electron chi connectivity index (χ0n) is 14.1. The Kier molecular flexibility index (Phi) is 6.51.